The number of methoxy groups -OCH3 is 1. The summed E-state index contributed by atoms with van der Waals surface area (Å²) < 4.78 is 10.6. The van der Waals surface area contributed by atoms with E-state index in [4.69, 9.17) is 33.5 Å². The maximum absolute atomic E-state index is 13.9. The molecule has 5 nitrogen and oxygen atoms in total. The van der Waals surface area contributed by atoms with Crippen LogP contribution in [-0.4, -0.2) is 21.2 Å². The van der Waals surface area contributed by atoms with Gasteiger partial charge in [0.1, 0.15) is 10.4 Å². The lowest BCUT2D eigenvalue weighted by atomic mass is 9.95. The van der Waals surface area contributed by atoms with Gasteiger partial charge in [0, 0.05) is 16.8 Å². The molecule has 34 heavy (non-hydrogen) atoms. The Balaban J connectivity index is 1.67. The topological polar surface area (TPSA) is 49.0 Å². The summed E-state index contributed by atoms with van der Waals surface area (Å²) in [5, 5.41) is 1.44. The van der Waals surface area contributed by atoms with Gasteiger partial charge < -0.3 is 4.74 Å². The number of aromatic nitrogens is 3. The average molecular weight is 530 g/mol. The van der Waals surface area contributed by atoms with Crippen molar-refractivity contribution in [3.63, 3.8) is 0 Å². The van der Waals surface area contributed by atoms with E-state index in [0.29, 0.717) is 30.8 Å². The van der Waals surface area contributed by atoms with Gasteiger partial charge in [0.25, 0.3) is 5.56 Å². The minimum Gasteiger partial charge on any atom is -0.495 e. The van der Waals surface area contributed by atoms with Crippen molar-refractivity contribution in [3.8, 4) is 11.4 Å². The highest BCUT2D eigenvalue weighted by atomic mass is 35.5. The van der Waals surface area contributed by atoms with Crippen molar-refractivity contribution in [3.05, 3.63) is 73.4 Å². The molecule has 1 aliphatic carbocycles. The standard InChI is InChI=1S/C25H24ClN3O2S3/c1-31-20-10-6-5-9-19(20)29-22-21(34-25(29)32)23(30)28(18-7-3-2-4-8-18)24(27-22)33-15-16-11-13-17(26)14-12-16/h5-6,9-14,18H,2-4,7-8,15H2,1H3. The minimum absolute atomic E-state index is 0.000235. The van der Waals surface area contributed by atoms with E-state index in [-0.39, 0.29) is 11.6 Å². The highest BCUT2D eigenvalue weighted by Gasteiger charge is 2.25. The van der Waals surface area contributed by atoms with E-state index < -0.39 is 0 Å². The Bertz CT molecular complexity index is 1440. The fourth-order valence-electron chi connectivity index (χ4n) is 4.47. The van der Waals surface area contributed by atoms with Gasteiger partial charge in [0.15, 0.2) is 14.8 Å². The van der Waals surface area contributed by atoms with Gasteiger partial charge in [-0.2, -0.15) is 0 Å². The number of thioether (sulfide) groups is 1. The number of nitrogens with zero attached hydrogens (tertiary/aromatic N) is 3. The van der Waals surface area contributed by atoms with Crippen LogP contribution in [0.2, 0.25) is 5.02 Å². The second-order valence-corrected chi connectivity index (χ2v) is 11.3. The predicted octanol–water partition coefficient (Wildman–Crippen LogP) is 7.44. The molecule has 2 aromatic carbocycles. The van der Waals surface area contributed by atoms with Crippen molar-refractivity contribution in [1.29, 1.82) is 0 Å². The molecule has 2 aromatic heterocycles. The predicted molar refractivity (Wildman–Crippen MR) is 144 cm³/mol. The third-order valence-electron chi connectivity index (χ3n) is 6.15. The summed E-state index contributed by atoms with van der Waals surface area (Å²) in [6, 6.07) is 15.6. The van der Waals surface area contributed by atoms with E-state index in [9.17, 15) is 4.79 Å². The summed E-state index contributed by atoms with van der Waals surface area (Å²) >= 11 is 14.7. The zero-order valence-electron chi connectivity index (χ0n) is 18.7. The van der Waals surface area contributed by atoms with Crippen molar-refractivity contribution < 1.29 is 4.74 Å². The molecule has 176 valence electrons. The molecule has 0 spiro atoms. The Morgan fingerprint density at radius 3 is 2.62 bits per heavy atom. The number of para-hydroxylation sites is 2. The number of rotatable bonds is 6. The molecule has 1 fully saturated rings. The summed E-state index contributed by atoms with van der Waals surface area (Å²) in [7, 11) is 1.63. The molecule has 1 saturated carbocycles. The van der Waals surface area contributed by atoms with E-state index in [0.717, 1.165) is 42.1 Å². The molecule has 0 radical (unpaired) electrons. The van der Waals surface area contributed by atoms with Crippen molar-refractivity contribution in [2.75, 3.05) is 7.11 Å². The Morgan fingerprint density at radius 1 is 1.15 bits per heavy atom. The summed E-state index contributed by atoms with van der Waals surface area (Å²) in [6.07, 6.45) is 5.49. The third-order valence-corrected chi connectivity index (χ3v) is 8.78. The largest absolute Gasteiger partial charge is 0.495 e. The molecule has 1 aliphatic rings. The number of fused-ring (bicyclic) bond motifs is 1. The molecule has 0 bridgehead atoms. The van der Waals surface area contributed by atoms with Crippen molar-refractivity contribution in [2.45, 2.75) is 49.1 Å². The highest BCUT2D eigenvalue weighted by molar-refractivity contribution is 7.98. The van der Waals surface area contributed by atoms with Crippen LogP contribution in [0.1, 0.15) is 43.7 Å². The van der Waals surface area contributed by atoms with Gasteiger partial charge in [0.05, 0.1) is 12.8 Å². The van der Waals surface area contributed by atoms with Crippen LogP contribution in [0.25, 0.3) is 16.0 Å². The van der Waals surface area contributed by atoms with Gasteiger partial charge in [-0.3, -0.25) is 13.9 Å². The van der Waals surface area contributed by atoms with Crippen molar-refractivity contribution in [1.82, 2.24) is 14.1 Å². The monoisotopic (exact) mass is 529 g/mol. The Morgan fingerprint density at radius 2 is 1.88 bits per heavy atom. The number of ether oxygens (including phenoxy) is 1. The van der Waals surface area contributed by atoms with E-state index in [1.54, 1.807) is 18.9 Å². The van der Waals surface area contributed by atoms with Crippen LogP contribution in [0.15, 0.2) is 58.5 Å². The SMILES string of the molecule is COc1ccccc1-n1c(=S)sc2c(=O)n(C3CCCCC3)c(SCc3ccc(Cl)cc3)nc21. The van der Waals surface area contributed by atoms with Crippen LogP contribution < -0.4 is 10.3 Å². The number of halogens is 1. The molecule has 5 rings (SSSR count). The van der Waals surface area contributed by atoms with Crippen LogP contribution in [0.4, 0.5) is 0 Å². The van der Waals surface area contributed by atoms with Gasteiger partial charge in [-0.15, -0.1) is 0 Å². The highest BCUT2D eigenvalue weighted by Crippen LogP contribution is 2.35. The Hall–Kier alpha value is -2.13. The van der Waals surface area contributed by atoms with E-state index in [2.05, 4.69) is 0 Å². The minimum atomic E-state index is 0.000235. The van der Waals surface area contributed by atoms with Crippen molar-refractivity contribution >= 4 is 57.3 Å². The van der Waals surface area contributed by atoms with Crippen LogP contribution in [0.3, 0.4) is 0 Å². The Labute approximate surface area is 216 Å². The molecule has 0 unspecified atom stereocenters. The fraction of sp³-hybridized carbons (Fsp3) is 0.320. The summed E-state index contributed by atoms with van der Waals surface area (Å²) in [4.78, 5) is 18.9. The molecule has 0 N–H and O–H groups in total. The first-order chi connectivity index (χ1) is 16.6. The summed E-state index contributed by atoms with van der Waals surface area (Å²) in [5.41, 5.74) is 2.51. The van der Waals surface area contributed by atoms with E-state index in [1.807, 2.05) is 57.7 Å². The molecular weight excluding hydrogens is 506 g/mol. The molecule has 4 aromatic rings. The van der Waals surface area contributed by atoms with Crippen LogP contribution in [0.5, 0.6) is 5.75 Å². The molecule has 0 atom stereocenters. The zero-order valence-corrected chi connectivity index (χ0v) is 21.9. The lowest BCUT2D eigenvalue weighted by Crippen LogP contribution is -2.28. The number of thiazole rings is 1. The molecular formula is C25H24ClN3O2S3. The molecule has 2 heterocycles. The lowest BCUT2D eigenvalue weighted by molar-refractivity contribution is 0.326. The first-order valence-electron chi connectivity index (χ1n) is 11.3. The number of hydrogen-bond donors (Lipinski definition) is 0. The number of benzene rings is 2. The van der Waals surface area contributed by atoms with Crippen molar-refractivity contribution in [2.24, 2.45) is 0 Å². The average Bonchev–Trinajstić information content (AvgIpc) is 3.20. The maximum Gasteiger partial charge on any atom is 0.274 e. The second kappa shape index (κ2) is 10.2. The fourth-order valence-corrected chi connectivity index (χ4v) is 6.90. The van der Waals surface area contributed by atoms with Gasteiger partial charge in [-0.05, 0) is 54.9 Å². The van der Waals surface area contributed by atoms with Gasteiger partial charge >= 0.3 is 0 Å². The van der Waals surface area contributed by atoms with Crippen LogP contribution in [0, 0.1) is 3.95 Å². The zero-order chi connectivity index (χ0) is 23.7. The molecule has 9 heteroatoms. The molecule has 0 aliphatic heterocycles. The number of hydrogen-bond acceptors (Lipinski definition) is 6. The maximum atomic E-state index is 13.9. The van der Waals surface area contributed by atoms with Crippen LogP contribution >= 0.6 is 46.9 Å². The smallest absolute Gasteiger partial charge is 0.274 e. The second-order valence-electron chi connectivity index (χ2n) is 8.30. The lowest BCUT2D eigenvalue weighted by Gasteiger charge is -2.26. The molecule has 0 saturated heterocycles. The van der Waals surface area contributed by atoms with E-state index >= 15 is 0 Å². The first kappa shape index (κ1) is 23.6. The van der Waals surface area contributed by atoms with Gasteiger partial charge in [0.2, 0.25) is 0 Å². The van der Waals surface area contributed by atoms with Gasteiger partial charge in [-0.25, -0.2) is 4.98 Å². The molecule has 0 amide bonds. The Kier molecular flexibility index (Phi) is 7.11. The summed E-state index contributed by atoms with van der Waals surface area (Å²) in [5.74, 6) is 1.38. The summed E-state index contributed by atoms with van der Waals surface area (Å²) in [6.45, 7) is 0. The third kappa shape index (κ3) is 4.56. The van der Waals surface area contributed by atoms with Gasteiger partial charge in [-0.1, -0.05) is 78.2 Å². The normalized spacial score (nSPS) is 14.5. The quantitative estimate of drug-likeness (QED) is 0.147. The first-order valence-corrected chi connectivity index (χ1v) is 13.8. The van der Waals surface area contributed by atoms with Crippen LogP contribution in [-0.2, 0) is 5.75 Å². The van der Waals surface area contributed by atoms with E-state index in [1.165, 1.54) is 17.8 Å².